The number of esters is 5. The Kier molecular flexibility index (Phi) is 9.45. The predicted octanol–water partition coefficient (Wildman–Crippen LogP) is 3.83. The minimum absolute atomic E-state index is 0.112. The number of ether oxygens (including phenoxy) is 5. The van der Waals surface area contributed by atoms with E-state index in [2.05, 4.69) is 4.74 Å². The molecule has 0 atom stereocenters. The van der Waals surface area contributed by atoms with Crippen molar-refractivity contribution in [3.05, 3.63) is 120 Å². The van der Waals surface area contributed by atoms with E-state index in [1.807, 2.05) is 0 Å². The predicted molar refractivity (Wildman–Crippen MR) is 127 cm³/mol. The van der Waals surface area contributed by atoms with Crippen LogP contribution in [0.3, 0.4) is 0 Å². The van der Waals surface area contributed by atoms with Crippen LogP contribution in [0.15, 0.2) is 98.1 Å². The van der Waals surface area contributed by atoms with Crippen LogP contribution in [0.5, 0.6) is 0 Å². The summed E-state index contributed by atoms with van der Waals surface area (Å²) in [7, 11) is 0. The average Bonchev–Trinajstić information content (AvgIpc) is 2.88. The van der Waals surface area contributed by atoms with Crippen LogP contribution in [0.4, 0.5) is 0 Å². The van der Waals surface area contributed by atoms with E-state index in [1.54, 1.807) is 36.4 Å². The fourth-order valence-electron chi connectivity index (χ4n) is 2.71. The van der Waals surface area contributed by atoms with Gasteiger partial charge in [0, 0.05) is 0 Å². The van der Waals surface area contributed by atoms with Gasteiger partial charge in [-0.05, 0) is 35.4 Å². The third-order valence-corrected chi connectivity index (χ3v) is 4.37. The molecule has 0 amide bonds. The molecule has 0 N–H and O–H groups in total. The van der Waals surface area contributed by atoms with Crippen molar-refractivity contribution in [3.63, 3.8) is 0 Å². The highest BCUT2D eigenvalue weighted by molar-refractivity contribution is 5.95. The molecule has 3 rings (SSSR count). The molecule has 2 aromatic carbocycles. The van der Waals surface area contributed by atoms with Gasteiger partial charge in [-0.15, -0.1) is 0 Å². The summed E-state index contributed by atoms with van der Waals surface area (Å²) in [6, 6.07) is 12.5. The molecule has 37 heavy (non-hydrogen) atoms. The molecule has 0 spiro atoms. The molecule has 186 valence electrons. The standard InChI is InChI=1S/C27H18O10/c28-23-11-16-35-25(30)13-18-37-27(32)22-8-4-2-6-20(22)10-15-34-24(29)12-17-36-26(31)21-7-3-1-5-19(21)9-14-33-23/h1-18H/b14-9+,15-10-,16-11+,17-12+,18-13+. The number of hydrogen-bond acceptors (Lipinski definition) is 10. The molecule has 1 aliphatic heterocycles. The van der Waals surface area contributed by atoms with E-state index < -0.39 is 29.8 Å². The summed E-state index contributed by atoms with van der Waals surface area (Å²) in [5, 5.41) is 0. The van der Waals surface area contributed by atoms with Gasteiger partial charge < -0.3 is 23.7 Å². The Morgan fingerprint density at radius 2 is 0.703 bits per heavy atom. The number of hydrogen-bond donors (Lipinski definition) is 0. The SMILES string of the molecule is O=C1/C=C/OC(=O)c2ccccc2/C=C/OC(=O)/C=C/OC(=O)/C=C/OC(=O)c2ccccc2/C=C\O1. The van der Waals surface area contributed by atoms with E-state index in [-0.39, 0.29) is 11.1 Å². The molecule has 0 saturated carbocycles. The highest BCUT2D eigenvalue weighted by atomic mass is 16.6. The Hall–Kier alpha value is -5.51. The van der Waals surface area contributed by atoms with Gasteiger partial charge in [-0.1, -0.05) is 36.4 Å². The molecular weight excluding hydrogens is 484 g/mol. The Labute approximate surface area is 210 Å². The second-order valence-corrected chi connectivity index (χ2v) is 6.81. The Morgan fingerprint density at radius 3 is 1.11 bits per heavy atom. The van der Waals surface area contributed by atoms with E-state index in [0.29, 0.717) is 11.1 Å². The molecule has 0 unspecified atom stereocenters. The first kappa shape index (κ1) is 26.1. The van der Waals surface area contributed by atoms with E-state index >= 15 is 0 Å². The molecule has 2 aromatic rings. The molecule has 0 aliphatic carbocycles. The van der Waals surface area contributed by atoms with Crippen molar-refractivity contribution >= 4 is 42.0 Å². The van der Waals surface area contributed by atoms with Gasteiger partial charge in [-0.2, -0.15) is 0 Å². The molecule has 0 bridgehead atoms. The van der Waals surface area contributed by atoms with Crippen molar-refractivity contribution in [2.24, 2.45) is 0 Å². The van der Waals surface area contributed by atoms with Gasteiger partial charge in [0.2, 0.25) is 0 Å². The molecule has 1 heterocycles. The maximum atomic E-state index is 12.4. The number of carbonyl (C=O) groups is 5. The fraction of sp³-hybridized carbons (Fsp3) is 0. The van der Waals surface area contributed by atoms with Gasteiger partial charge in [0.25, 0.3) is 0 Å². The lowest BCUT2D eigenvalue weighted by atomic mass is 10.1. The molecular formula is C27H18O10. The van der Waals surface area contributed by atoms with Crippen molar-refractivity contribution in [2.75, 3.05) is 0 Å². The maximum absolute atomic E-state index is 12.4. The van der Waals surface area contributed by atoms with E-state index in [9.17, 15) is 24.0 Å². The van der Waals surface area contributed by atoms with Crippen LogP contribution in [0, 0.1) is 0 Å². The zero-order valence-corrected chi connectivity index (χ0v) is 19.0. The summed E-state index contributed by atoms with van der Waals surface area (Å²) in [5.74, 6) is -4.24. The lowest BCUT2D eigenvalue weighted by Crippen LogP contribution is -2.05. The highest BCUT2D eigenvalue weighted by Crippen LogP contribution is 2.14. The Morgan fingerprint density at radius 1 is 0.378 bits per heavy atom. The second-order valence-electron chi connectivity index (χ2n) is 6.81. The van der Waals surface area contributed by atoms with Crippen LogP contribution in [-0.2, 0) is 38.1 Å². The molecule has 1 aliphatic rings. The van der Waals surface area contributed by atoms with Crippen LogP contribution >= 0.6 is 0 Å². The van der Waals surface area contributed by atoms with E-state index in [1.165, 1.54) is 24.3 Å². The molecule has 0 fully saturated rings. The third-order valence-electron chi connectivity index (χ3n) is 4.37. The molecule has 0 aromatic heterocycles. The topological polar surface area (TPSA) is 132 Å². The van der Waals surface area contributed by atoms with Gasteiger partial charge in [0.15, 0.2) is 0 Å². The van der Waals surface area contributed by atoms with Crippen molar-refractivity contribution in [1.29, 1.82) is 0 Å². The average molecular weight is 502 g/mol. The lowest BCUT2D eigenvalue weighted by Gasteiger charge is -2.04. The van der Waals surface area contributed by atoms with Gasteiger partial charge >= 0.3 is 29.8 Å². The van der Waals surface area contributed by atoms with E-state index in [4.69, 9.17) is 18.9 Å². The summed E-state index contributed by atoms with van der Waals surface area (Å²) >= 11 is 0. The summed E-state index contributed by atoms with van der Waals surface area (Å²) in [4.78, 5) is 60.1. The maximum Gasteiger partial charge on any atom is 0.343 e. The second kappa shape index (κ2) is 13.4. The summed E-state index contributed by atoms with van der Waals surface area (Å²) in [5.41, 5.74) is 0.956. The summed E-state index contributed by atoms with van der Waals surface area (Å²) in [6.07, 6.45) is 9.78. The zero-order valence-electron chi connectivity index (χ0n) is 19.0. The van der Waals surface area contributed by atoms with Gasteiger partial charge in [0.1, 0.15) is 18.8 Å². The van der Waals surface area contributed by atoms with Crippen molar-refractivity contribution in [1.82, 2.24) is 0 Å². The number of rotatable bonds is 0. The summed E-state index contributed by atoms with van der Waals surface area (Å²) < 4.78 is 24.3. The van der Waals surface area contributed by atoms with Crippen LogP contribution in [0.2, 0.25) is 0 Å². The van der Waals surface area contributed by atoms with Crippen LogP contribution in [0.25, 0.3) is 12.2 Å². The van der Waals surface area contributed by atoms with Crippen LogP contribution < -0.4 is 0 Å². The lowest BCUT2D eigenvalue weighted by molar-refractivity contribution is -0.134. The monoisotopic (exact) mass is 502 g/mol. The van der Waals surface area contributed by atoms with Crippen LogP contribution in [-0.4, -0.2) is 29.8 Å². The first-order valence-electron chi connectivity index (χ1n) is 10.5. The molecule has 10 nitrogen and oxygen atoms in total. The fourth-order valence-corrected chi connectivity index (χ4v) is 2.71. The normalized spacial score (nSPS) is 19.6. The van der Waals surface area contributed by atoms with Gasteiger partial charge in [0.05, 0.1) is 41.9 Å². The Balaban J connectivity index is 1.82. The smallest absolute Gasteiger partial charge is 0.343 e. The number of cyclic esters (lactones) is 5. The largest absolute Gasteiger partial charge is 0.431 e. The third kappa shape index (κ3) is 8.34. The number of benzene rings is 2. The van der Waals surface area contributed by atoms with Crippen molar-refractivity contribution < 1.29 is 47.7 Å². The number of fused-ring (bicyclic) bond motifs is 2. The first-order chi connectivity index (χ1) is 17.9. The van der Waals surface area contributed by atoms with E-state index in [0.717, 1.165) is 49.5 Å². The zero-order chi connectivity index (χ0) is 26.5. The van der Waals surface area contributed by atoms with Crippen molar-refractivity contribution in [2.45, 2.75) is 0 Å². The van der Waals surface area contributed by atoms with Gasteiger partial charge in [-0.25, -0.2) is 24.0 Å². The molecule has 0 saturated heterocycles. The minimum atomic E-state index is -0.928. The highest BCUT2D eigenvalue weighted by Gasteiger charge is 2.12. The minimum Gasteiger partial charge on any atom is -0.431 e. The molecule has 10 heteroatoms. The molecule has 0 radical (unpaired) electrons. The first-order valence-corrected chi connectivity index (χ1v) is 10.5. The summed E-state index contributed by atoms with van der Waals surface area (Å²) in [6.45, 7) is 0. The quantitative estimate of drug-likeness (QED) is 0.387. The van der Waals surface area contributed by atoms with Gasteiger partial charge in [-0.3, -0.25) is 0 Å². The number of carbonyl (C=O) groups excluding carboxylic acids is 5. The Bertz CT molecular complexity index is 1340. The van der Waals surface area contributed by atoms with Crippen LogP contribution in [0.1, 0.15) is 31.8 Å². The van der Waals surface area contributed by atoms with Crippen molar-refractivity contribution in [3.8, 4) is 0 Å².